The molecule has 0 aliphatic carbocycles. The van der Waals surface area contributed by atoms with E-state index in [-0.39, 0.29) is 24.0 Å². The highest BCUT2D eigenvalue weighted by atomic mass is 127. The van der Waals surface area contributed by atoms with Crippen molar-refractivity contribution in [3.05, 3.63) is 24.2 Å². The van der Waals surface area contributed by atoms with Gasteiger partial charge in [-0.2, -0.15) is 0 Å². The molecule has 1 aromatic rings. The molecule has 0 aliphatic heterocycles. The molecule has 1 heterocycles. The van der Waals surface area contributed by atoms with Crippen LogP contribution in [0.15, 0.2) is 27.8 Å². The zero-order chi connectivity index (χ0) is 14.5. The van der Waals surface area contributed by atoms with E-state index >= 15 is 0 Å². The van der Waals surface area contributed by atoms with Crippen LogP contribution in [-0.2, 0) is 11.3 Å². The Balaban J connectivity index is 0.00000400. The summed E-state index contributed by atoms with van der Waals surface area (Å²) in [5.74, 6) is 1.68. The minimum atomic E-state index is 0. The van der Waals surface area contributed by atoms with Gasteiger partial charge < -0.3 is 19.8 Å². The number of hydrogen-bond donors (Lipinski definition) is 2. The van der Waals surface area contributed by atoms with Crippen LogP contribution < -0.4 is 10.6 Å². The number of aliphatic imine (C=N–C) groups is 1. The van der Waals surface area contributed by atoms with Crippen LogP contribution in [0.4, 0.5) is 0 Å². The number of guanidine groups is 1. The van der Waals surface area contributed by atoms with E-state index in [1.807, 2.05) is 12.1 Å². The number of nitrogens with zero attached hydrogens (tertiary/aromatic N) is 1. The van der Waals surface area contributed by atoms with Crippen molar-refractivity contribution >= 4 is 29.9 Å². The fraction of sp³-hybridized carbons (Fsp3) is 0.667. The van der Waals surface area contributed by atoms with Gasteiger partial charge in [-0.15, -0.1) is 24.0 Å². The van der Waals surface area contributed by atoms with E-state index in [1.165, 1.54) is 6.42 Å². The topological polar surface area (TPSA) is 58.8 Å². The van der Waals surface area contributed by atoms with Crippen LogP contribution in [0.1, 0.15) is 38.9 Å². The Kier molecular flexibility index (Phi) is 13.7. The molecule has 0 radical (unpaired) electrons. The molecule has 6 heteroatoms. The second kappa shape index (κ2) is 14.2. The molecular formula is C15H28IN3O2. The summed E-state index contributed by atoms with van der Waals surface area (Å²) >= 11 is 0. The van der Waals surface area contributed by atoms with Crippen molar-refractivity contribution in [1.29, 1.82) is 0 Å². The zero-order valence-corrected chi connectivity index (χ0v) is 15.4. The third-order valence-electron chi connectivity index (χ3n) is 2.72. The third-order valence-corrected chi connectivity index (χ3v) is 2.72. The molecule has 0 bridgehead atoms. The van der Waals surface area contributed by atoms with Crippen molar-refractivity contribution in [2.45, 2.75) is 39.7 Å². The Labute approximate surface area is 144 Å². The Morgan fingerprint density at radius 1 is 1.24 bits per heavy atom. The van der Waals surface area contributed by atoms with Crippen LogP contribution in [0.2, 0.25) is 0 Å². The standard InChI is InChI=1S/C15H27N3O2.HI/c1-3-5-10-19-11-7-9-17-15(16-4-2)18-13-14-8-6-12-20-14;/h6,8,12H,3-5,7,9-11,13H2,1-2H3,(H2,16,17,18);1H. The van der Waals surface area contributed by atoms with Gasteiger partial charge in [0, 0.05) is 26.3 Å². The van der Waals surface area contributed by atoms with E-state index in [1.54, 1.807) is 6.26 Å². The van der Waals surface area contributed by atoms with E-state index in [2.05, 4.69) is 29.5 Å². The third kappa shape index (κ3) is 10.6. The Morgan fingerprint density at radius 3 is 2.71 bits per heavy atom. The van der Waals surface area contributed by atoms with Gasteiger partial charge in [0.15, 0.2) is 5.96 Å². The van der Waals surface area contributed by atoms with E-state index in [0.29, 0.717) is 6.54 Å². The first kappa shape index (κ1) is 20.2. The number of rotatable bonds is 10. The lowest BCUT2D eigenvalue weighted by Crippen LogP contribution is -2.38. The summed E-state index contributed by atoms with van der Waals surface area (Å²) in [6.07, 6.45) is 4.97. The summed E-state index contributed by atoms with van der Waals surface area (Å²) in [5.41, 5.74) is 0. The van der Waals surface area contributed by atoms with Crippen molar-refractivity contribution in [2.75, 3.05) is 26.3 Å². The highest BCUT2D eigenvalue weighted by Gasteiger charge is 1.98. The first-order valence-corrected chi connectivity index (χ1v) is 7.49. The van der Waals surface area contributed by atoms with Crippen molar-refractivity contribution in [1.82, 2.24) is 10.6 Å². The molecule has 1 rings (SSSR count). The first-order chi connectivity index (χ1) is 9.86. The molecule has 0 unspecified atom stereocenters. The molecule has 21 heavy (non-hydrogen) atoms. The van der Waals surface area contributed by atoms with Gasteiger partial charge >= 0.3 is 0 Å². The molecule has 0 amide bonds. The molecule has 0 saturated heterocycles. The molecule has 0 atom stereocenters. The summed E-state index contributed by atoms with van der Waals surface area (Å²) in [6, 6.07) is 3.80. The van der Waals surface area contributed by atoms with Gasteiger partial charge in [0.25, 0.3) is 0 Å². The molecule has 1 aromatic heterocycles. The Morgan fingerprint density at radius 2 is 2.05 bits per heavy atom. The van der Waals surface area contributed by atoms with E-state index in [0.717, 1.165) is 50.9 Å². The summed E-state index contributed by atoms with van der Waals surface area (Å²) < 4.78 is 10.8. The van der Waals surface area contributed by atoms with E-state index < -0.39 is 0 Å². The van der Waals surface area contributed by atoms with Crippen LogP contribution in [0.5, 0.6) is 0 Å². The molecule has 0 saturated carbocycles. The first-order valence-electron chi connectivity index (χ1n) is 7.49. The highest BCUT2D eigenvalue weighted by molar-refractivity contribution is 14.0. The number of ether oxygens (including phenoxy) is 1. The predicted octanol–water partition coefficient (Wildman–Crippen LogP) is 3.16. The summed E-state index contributed by atoms with van der Waals surface area (Å²) in [7, 11) is 0. The quantitative estimate of drug-likeness (QED) is 0.270. The highest BCUT2D eigenvalue weighted by Crippen LogP contribution is 2.01. The maximum Gasteiger partial charge on any atom is 0.191 e. The smallest absolute Gasteiger partial charge is 0.191 e. The van der Waals surface area contributed by atoms with Crippen LogP contribution in [-0.4, -0.2) is 32.3 Å². The second-order valence-corrected chi connectivity index (χ2v) is 4.52. The number of halogens is 1. The summed E-state index contributed by atoms with van der Waals surface area (Å²) in [4.78, 5) is 4.46. The molecular weight excluding hydrogens is 381 g/mol. The minimum absolute atomic E-state index is 0. The van der Waals surface area contributed by atoms with Crippen molar-refractivity contribution in [3.63, 3.8) is 0 Å². The average molecular weight is 409 g/mol. The van der Waals surface area contributed by atoms with Crippen LogP contribution in [0.3, 0.4) is 0 Å². The zero-order valence-electron chi connectivity index (χ0n) is 13.1. The van der Waals surface area contributed by atoms with Crippen molar-refractivity contribution in [2.24, 2.45) is 4.99 Å². The summed E-state index contributed by atoms with van der Waals surface area (Å²) in [5, 5.41) is 6.50. The maximum absolute atomic E-state index is 5.52. The van der Waals surface area contributed by atoms with Gasteiger partial charge in [-0.05, 0) is 31.9 Å². The number of nitrogens with one attached hydrogen (secondary N) is 2. The van der Waals surface area contributed by atoms with E-state index in [9.17, 15) is 0 Å². The number of hydrogen-bond acceptors (Lipinski definition) is 3. The fourth-order valence-corrected chi connectivity index (χ4v) is 1.63. The van der Waals surface area contributed by atoms with Gasteiger partial charge in [0.2, 0.25) is 0 Å². The lowest BCUT2D eigenvalue weighted by molar-refractivity contribution is 0.129. The Bertz CT molecular complexity index is 356. The lowest BCUT2D eigenvalue weighted by atomic mass is 10.4. The lowest BCUT2D eigenvalue weighted by Gasteiger charge is -2.11. The second-order valence-electron chi connectivity index (χ2n) is 4.52. The van der Waals surface area contributed by atoms with Gasteiger partial charge in [0.1, 0.15) is 12.3 Å². The average Bonchev–Trinajstić information content (AvgIpc) is 2.97. The molecule has 0 aromatic carbocycles. The van der Waals surface area contributed by atoms with Crippen LogP contribution in [0.25, 0.3) is 0 Å². The molecule has 5 nitrogen and oxygen atoms in total. The molecule has 0 spiro atoms. The van der Waals surface area contributed by atoms with Crippen molar-refractivity contribution in [3.8, 4) is 0 Å². The Hall–Kier alpha value is -0.760. The normalized spacial score (nSPS) is 11.0. The summed E-state index contributed by atoms with van der Waals surface area (Å²) in [6.45, 7) is 8.14. The van der Waals surface area contributed by atoms with Crippen LogP contribution in [0, 0.1) is 0 Å². The molecule has 2 N–H and O–H groups in total. The predicted molar refractivity (Wildman–Crippen MR) is 97.3 cm³/mol. The van der Waals surface area contributed by atoms with Gasteiger partial charge in [0.05, 0.1) is 6.26 Å². The fourth-order valence-electron chi connectivity index (χ4n) is 1.63. The SMILES string of the molecule is CCCCOCCCNC(=NCc1ccco1)NCC.I. The van der Waals surface area contributed by atoms with Gasteiger partial charge in [-0.3, -0.25) is 0 Å². The van der Waals surface area contributed by atoms with Crippen molar-refractivity contribution < 1.29 is 9.15 Å². The van der Waals surface area contributed by atoms with Gasteiger partial charge in [-0.1, -0.05) is 13.3 Å². The van der Waals surface area contributed by atoms with E-state index in [4.69, 9.17) is 9.15 Å². The number of furan rings is 1. The monoisotopic (exact) mass is 409 g/mol. The largest absolute Gasteiger partial charge is 0.467 e. The minimum Gasteiger partial charge on any atom is -0.467 e. The van der Waals surface area contributed by atoms with Gasteiger partial charge in [-0.25, -0.2) is 4.99 Å². The molecule has 0 fully saturated rings. The number of unbranched alkanes of at least 4 members (excludes halogenated alkanes) is 1. The van der Waals surface area contributed by atoms with Crippen LogP contribution >= 0.6 is 24.0 Å². The molecule has 122 valence electrons. The maximum atomic E-state index is 5.52. The molecule has 0 aliphatic rings.